The SMILES string of the molecule is ClCC1CC2CCC1(CCl)C2. The van der Waals surface area contributed by atoms with Gasteiger partial charge in [0.25, 0.3) is 0 Å². The van der Waals surface area contributed by atoms with Crippen molar-refractivity contribution in [3.8, 4) is 0 Å². The molecule has 0 aliphatic heterocycles. The topological polar surface area (TPSA) is 0 Å². The third-order valence-electron chi connectivity index (χ3n) is 3.68. The van der Waals surface area contributed by atoms with Gasteiger partial charge >= 0.3 is 0 Å². The van der Waals surface area contributed by atoms with Crippen molar-refractivity contribution < 1.29 is 0 Å². The van der Waals surface area contributed by atoms with Crippen LogP contribution < -0.4 is 0 Å². The van der Waals surface area contributed by atoms with Crippen molar-refractivity contribution in [2.24, 2.45) is 17.3 Å². The Bertz CT molecular complexity index is 158. The van der Waals surface area contributed by atoms with Crippen LogP contribution in [-0.2, 0) is 0 Å². The zero-order valence-corrected chi connectivity index (χ0v) is 8.17. The number of halogens is 2. The summed E-state index contributed by atoms with van der Waals surface area (Å²) in [5, 5.41) is 0. The molecule has 3 unspecified atom stereocenters. The first-order chi connectivity index (χ1) is 5.30. The molecule has 2 bridgehead atoms. The van der Waals surface area contributed by atoms with Gasteiger partial charge in [-0.3, -0.25) is 0 Å². The Labute approximate surface area is 78.3 Å². The second-order valence-electron chi connectivity index (χ2n) is 4.19. The molecular weight excluding hydrogens is 179 g/mol. The van der Waals surface area contributed by atoms with Gasteiger partial charge in [-0.25, -0.2) is 0 Å². The molecule has 2 heteroatoms. The predicted molar refractivity (Wildman–Crippen MR) is 49.3 cm³/mol. The first-order valence-electron chi connectivity index (χ1n) is 4.43. The summed E-state index contributed by atoms with van der Waals surface area (Å²) in [5.41, 5.74) is 0.452. The predicted octanol–water partition coefficient (Wildman–Crippen LogP) is 3.27. The molecule has 0 heterocycles. The van der Waals surface area contributed by atoms with Gasteiger partial charge < -0.3 is 0 Å². The molecule has 2 aliphatic carbocycles. The van der Waals surface area contributed by atoms with Gasteiger partial charge in [0.2, 0.25) is 0 Å². The van der Waals surface area contributed by atoms with E-state index in [1.807, 2.05) is 0 Å². The molecule has 0 aromatic carbocycles. The Balaban J connectivity index is 2.15. The van der Waals surface area contributed by atoms with Gasteiger partial charge in [0.05, 0.1) is 0 Å². The summed E-state index contributed by atoms with van der Waals surface area (Å²) >= 11 is 11.9. The average Bonchev–Trinajstić information content (AvgIpc) is 2.60. The molecule has 11 heavy (non-hydrogen) atoms. The normalized spacial score (nSPS) is 48.5. The lowest BCUT2D eigenvalue weighted by Crippen LogP contribution is -2.28. The summed E-state index contributed by atoms with van der Waals surface area (Å²) in [6, 6.07) is 0. The quantitative estimate of drug-likeness (QED) is 0.590. The monoisotopic (exact) mass is 192 g/mol. The number of hydrogen-bond donors (Lipinski definition) is 0. The van der Waals surface area contributed by atoms with E-state index in [2.05, 4.69) is 0 Å². The molecule has 3 atom stereocenters. The molecule has 0 amide bonds. The number of fused-ring (bicyclic) bond motifs is 2. The van der Waals surface area contributed by atoms with Gasteiger partial charge in [-0.2, -0.15) is 0 Å². The Kier molecular flexibility index (Phi) is 2.09. The molecular formula is C9H14Cl2. The van der Waals surface area contributed by atoms with Crippen LogP contribution >= 0.6 is 23.2 Å². The summed E-state index contributed by atoms with van der Waals surface area (Å²) < 4.78 is 0. The first kappa shape index (κ1) is 8.19. The van der Waals surface area contributed by atoms with Gasteiger partial charge in [0.15, 0.2) is 0 Å². The maximum absolute atomic E-state index is 6.01. The highest BCUT2D eigenvalue weighted by Gasteiger charge is 2.50. The highest BCUT2D eigenvalue weighted by molar-refractivity contribution is 6.19. The van der Waals surface area contributed by atoms with Crippen LogP contribution in [0.2, 0.25) is 0 Å². The van der Waals surface area contributed by atoms with Crippen LogP contribution in [0.1, 0.15) is 25.7 Å². The third kappa shape index (κ3) is 1.10. The zero-order valence-electron chi connectivity index (χ0n) is 6.65. The minimum Gasteiger partial charge on any atom is -0.126 e. The van der Waals surface area contributed by atoms with Crippen LogP contribution in [0, 0.1) is 17.3 Å². The second kappa shape index (κ2) is 2.81. The van der Waals surface area contributed by atoms with Gasteiger partial charge in [-0.1, -0.05) is 0 Å². The Hall–Kier alpha value is 0.580. The molecule has 0 saturated heterocycles. The van der Waals surface area contributed by atoms with E-state index in [0.29, 0.717) is 5.41 Å². The molecule has 0 aromatic rings. The highest BCUT2D eigenvalue weighted by atomic mass is 35.5. The van der Waals surface area contributed by atoms with Crippen molar-refractivity contribution in [1.29, 1.82) is 0 Å². The van der Waals surface area contributed by atoms with E-state index in [-0.39, 0.29) is 0 Å². The lowest BCUT2D eigenvalue weighted by Gasteiger charge is -2.31. The summed E-state index contributed by atoms with van der Waals surface area (Å²) in [4.78, 5) is 0. The molecule has 0 aromatic heterocycles. The maximum Gasteiger partial charge on any atom is 0.0283 e. The summed E-state index contributed by atoms with van der Waals surface area (Å²) in [6.45, 7) is 0. The third-order valence-corrected chi connectivity index (χ3v) is 4.59. The average molecular weight is 193 g/mol. The highest BCUT2D eigenvalue weighted by Crippen LogP contribution is 2.58. The van der Waals surface area contributed by atoms with Gasteiger partial charge in [-0.05, 0) is 42.9 Å². The standard InChI is InChI=1S/C9H14Cl2/c10-5-8-3-7-1-2-9(8,4-7)6-11/h7-8H,1-6H2. The van der Waals surface area contributed by atoms with E-state index in [1.165, 1.54) is 25.7 Å². The van der Waals surface area contributed by atoms with Crippen LogP contribution in [0.3, 0.4) is 0 Å². The maximum atomic E-state index is 6.01. The van der Waals surface area contributed by atoms with Crippen LogP contribution in [0.15, 0.2) is 0 Å². The van der Waals surface area contributed by atoms with Crippen LogP contribution in [0.5, 0.6) is 0 Å². The van der Waals surface area contributed by atoms with E-state index >= 15 is 0 Å². The summed E-state index contributed by atoms with van der Waals surface area (Å²) in [6.07, 6.45) is 5.43. The van der Waals surface area contributed by atoms with Crippen molar-refractivity contribution in [1.82, 2.24) is 0 Å². The minimum absolute atomic E-state index is 0.452. The Morgan fingerprint density at radius 3 is 2.64 bits per heavy atom. The molecule has 2 aliphatic rings. The van der Waals surface area contributed by atoms with Gasteiger partial charge in [0.1, 0.15) is 0 Å². The smallest absolute Gasteiger partial charge is 0.0283 e. The van der Waals surface area contributed by atoms with E-state index in [0.717, 1.165) is 23.6 Å². The van der Waals surface area contributed by atoms with Crippen LogP contribution in [-0.4, -0.2) is 11.8 Å². The fraction of sp³-hybridized carbons (Fsp3) is 1.00. The molecule has 2 saturated carbocycles. The van der Waals surface area contributed by atoms with Crippen molar-refractivity contribution >= 4 is 23.2 Å². The molecule has 2 fully saturated rings. The Morgan fingerprint density at radius 2 is 2.18 bits per heavy atom. The fourth-order valence-corrected chi connectivity index (χ4v) is 3.87. The van der Waals surface area contributed by atoms with E-state index < -0.39 is 0 Å². The largest absolute Gasteiger partial charge is 0.126 e. The molecule has 0 N–H and O–H groups in total. The molecule has 0 spiro atoms. The molecule has 2 rings (SSSR count). The number of rotatable bonds is 2. The zero-order chi connectivity index (χ0) is 7.90. The summed E-state index contributed by atoms with van der Waals surface area (Å²) in [7, 11) is 0. The van der Waals surface area contributed by atoms with Crippen molar-refractivity contribution in [2.45, 2.75) is 25.7 Å². The van der Waals surface area contributed by atoms with Gasteiger partial charge in [0, 0.05) is 11.8 Å². The summed E-state index contributed by atoms with van der Waals surface area (Å²) in [5.74, 6) is 3.34. The lowest BCUT2D eigenvalue weighted by molar-refractivity contribution is 0.237. The molecule has 0 radical (unpaired) electrons. The Morgan fingerprint density at radius 1 is 1.36 bits per heavy atom. The second-order valence-corrected chi connectivity index (χ2v) is 4.77. The van der Waals surface area contributed by atoms with E-state index in [1.54, 1.807) is 0 Å². The van der Waals surface area contributed by atoms with E-state index in [4.69, 9.17) is 23.2 Å². The van der Waals surface area contributed by atoms with Crippen molar-refractivity contribution in [3.63, 3.8) is 0 Å². The van der Waals surface area contributed by atoms with Crippen LogP contribution in [0.4, 0.5) is 0 Å². The molecule has 64 valence electrons. The van der Waals surface area contributed by atoms with Crippen LogP contribution in [0.25, 0.3) is 0 Å². The van der Waals surface area contributed by atoms with Gasteiger partial charge in [-0.15, -0.1) is 23.2 Å². The molecule has 0 nitrogen and oxygen atoms in total. The first-order valence-corrected chi connectivity index (χ1v) is 5.49. The number of hydrogen-bond acceptors (Lipinski definition) is 0. The van der Waals surface area contributed by atoms with Crippen molar-refractivity contribution in [3.05, 3.63) is 0 Å². The lowest BCUT2D eigenvalue weighted by atomic mass is 9.77. The number of alkyl halides is 2. The minimum atomic E-state index is 0.452. The van der Waals surface area contributed by atoms with E-state index in [9.17, 15) is 0 Å². The van der Waals surface area contributed by atoms with Crippen molar-refractivity contribution in [2.75, 3.05) is 11.8 Å². The fourth-order valence-electron chi connectivity index (χ4n) is 2.95.